The Hall–Kier alpha value is -7.48. The van der Waals surface area contributed by atoms with Crippen molar-refractivity contribution < 1.29 is 0 Å². The molecule has 0 spiro atoms. The van der Waals surface area contributed by atoms with Crippen LogP contribution in [0, 0.1) is 0 Å². The SMILES string of the molecule is c1ccc(N(c2ccccc2)c2ccc(-c3ccc4cc(-c5cc6cc(-c7ccc8ccccc8c7)c7ccccc7c6c6ccccc56)ccc4c3)cc2)cc1. The van der Waals surface area contributed by atoms with E-state index in [1.807, 2.05) is 0 Å². The molecule has 0 heterocycles. The zero-order valence-electron chi connectivity index (χ0n) is 31.3. The lowest BCUT2D eigenvalue weighted by atomic mass is 9.87. The molecule has 0 unspecified atom stereocenters. The predicted octanol–water partition coefficient (Wildman–Crippen LogP) is 15.9. The monoisotopic (exact) mass is 723 g/mol. The van der Waals surface area contributed by atoms with Gasteiger partial charge in [-0.05, 0) is 154 Å². The zero-order chi connectivity index (χ0) is 37.7. The van der Waals surface area contributed by atoms with Crippen LogP contribution in [0.4, 0.5) is 17.1 Å². The molecular formula is C56H37N. The molecule has 11 aromatic rings. The third-order valence-corrected chi connectivity index (χ3v) is 11.6. The van der Waals surface area contributed by atoms with E-state index in [2.05, 4.69) is 229 Å². The molecule has 266 valence electrons. The Balaban J connectivity index is 0.993. The molecule has 0 N–H and O–H groups in total. The van der Waals surface area contributed by atoms with Crippen LogP contribution in [0.1, 0.15) is 0 Å². The number of anilines is 3. The minimum absolute atomic E-state index is 1.13. The quantitative estimate of drug-likeness (QED) is 0.154. The molecule has 0 bridgehead atoms. The molecule has 1 nitrogen and oxygen atoms in total. The Morgan fingerprint density at radius 3 is 1.18 bits per heavy atom. The average Bonchev–Trinajstić information content (AvgIpc) is 3.29. The fourth-order valence-corrected chi connectivity index (χ4v) is 8.81. The number of rotatable bonds is 6. The lowest BCUT2D eigenvalue weighted by Gasteiger charge is -2.25. The predicted molar refractivity (Wildman–Crippen MR) is 245 cm³/mol. The summed E-state index contributed by atoms with van der Waals surface area (Å²) in [5, 5.41) is 12.6. The first-order valence-electron chi connectivity index (χ1n) is 19.7. The second kappa shape index (κ2) is 13.7. The van der Waals surface area contributed by atoms with Crippen LogP contribution in [0.3, 0.4) is 0 Å². The maximum Gasteiger partial charge on any atom is 0.0462 e. The van der Waals surface area contributed by atoms with Crippen molar-refractivity contribution in [2.75, 3.05) is 4.90 Å². The van der Waals surface area contributed by atoms with Crippen LogP contribution in [-0.2, 0) is 0 Å². The summed E-state index contributed by atoms with van der Waals surface area (Å²) in [6, 6.07) is 82.0. The van der Waals surface area contributed by atoms with E-state index in [0.717, 1.165) is 17.1 Å². The summed E-state index contributed by atoms with van der Waals surface area (Å²) < 4.78 is 0. The van der Waals surface area contributed by atoms with Gasteiger partial charge in [0.25, 0.3) is 0 Å². The highest BCUT2D eigenvalue weighted by Crippen LogP contribution is 2.43. The van der Waals surface area contributed by atoms with Crippen molar-refractivity contribution in [3.8, 4) is 33.4 Å². The standard InChI is InChI=1S/C56H37N/c1-3-15-47(16-4-1)57(48-17-5-2-6-18-48)49-31-29-39(30-32-49)41-24-25-43-35-45(28-26-42(43)33-41)55-37-46-36-54(44-27-23-38-13-7-8-14-40(38)34-44)50-19-9-11-21-52(50)56(46)53-22-12-10-20-51(53)55/h1-37H. The van der Waals surface area contributed by atoms with Gasteiger partial charge in [-0.2, -0.15) is 0 Å². The second-order valence-corrected chi connectivity index (χ2v) is 14.9. The molecule has 0 saturated heterocycles. The molecule has 0 atom stereocenters. The Bertz CT molecular complexity index is 3230. The van der Waals surface area contributed by atoms with Crippen molar-refractivity contribution in [3.05, 3.63) is 224 Å². The van der Waals surface area contributed by atoms with E-state index in [-0.39, 0.29) is 0 Å². The summed E-state index contributed by atoms with van der Waals surface area (Å²) in [6.45, 7) is 0. The Morgan fingerprint density at radius 2 is 0.614 bits per heavy atom. The lowest BCUT2D eigenvalue weighted by molar-refractivity contribution is 1.28. The van der Waals surface area contributed by atoms with Gasteiger partial charge in [0.15, 0.2) is 0 Å². The molecule has 0 saturated carbocycles. The van der Waals surface area contributed by atoms with Crippen LogP contribution in [-0.4, -0.2) is 0 Å². The van der Waals surface area contributed by atoms with Crippen molar-refractivity contribution in [2.45, 2.75) is 0 Å². The fourth-order valence-electron chi connectivity index (χ4n) is 8.81. The molecule has 11 aromatic carbocycles. The van der Waals surface area contributed by atoms with Crippen molar-refractivity contribution in [1.29, 1.82) is 0 Å². The summed E-state index contributed by atoms with van der Waals surface area (Å²) in [5.41, 5.74) is 10.8. The number of para-hydroxylation sites is 2. The highest BCUT2D eigenvalue weighted by molar-refractivity contribution is 6.26. The van der Waals surface area contributed by atoms with E-state index >= 15 is 0 Å². The highest BCUT2D eigenvalue weighted by atomic mass is 15.1. The van der Waals surface area contributed by atoms with Gasteiger partial charge in [0.2, 0.25) is 0 Å². The van der Waals surface area contributed by atoms with Gasteiger partial charge >= 0.3 is 0 Å². The van der Waals surface area contributed by atoms with Gasteiger partial charge in [-0.3, -0.25) is 0 Å². The van der Waals surface area contributed by atoms with E-state index in [0.29, 0.717) is 0 Å². The number of hydrogen-bond donors (Lipinski definition) is 0. The number of nitrogens with zero attached hydrogens (tertiary/aromatic N) is 1. The highest BCUT2D eigenvalue weighted by Gasteiger charge is 2.16. The van der Waals surface area contributed by atoms with Gasteiger partial charge in [0, 0.05) is 17.1 Å². The van der Waals surface area contributed by atoms with Gasteiger partial charge in [-0.25, -0.2) is 0 Å². The smallest absolute Gasteiger partial charge is 0.0462 e. The van der Waals surface area contributed by atoms with E-state index in [1.54, 1.807) is 0 Å². The van der Waals surface area contributed by atoms with E-state index in [1.165, 1.54) is 87.2 Å². The van der Waals surface area contributed by atoms with Crippen molar-refractivity contribution >= 4 is 70.9 Å². The minimum Gasteiger partial charge on any atom is -0.311 e. The Kier molecular flexibility index (Phi) is 7.89. The molecule has 0 amide bonds. The molecule has 0 aliphatic carbocycles. The van der Waals surface area contributed by atoms with Gasteiger partial charge in [0.1, 0.15) is 0 Å². The molecule has 0 aromatic heterocycles. The molecule has 0 fully saturated rings. The molecule has 0 radical (unpaired) electrons. The maximum atomic E-state index is 2.42. The van der Waals surface area contributed by atoms with E-state index in [4.69, 9.17) is 0 Å². The van der Waals surface area contributed by atoms with Gasteiger partial charge < -0.3 is 4.90 Å². The van der Waals surface area contributed by atoms with Crippen LogP contribution in [0.15, 0.2) is 224 Å². The summed E-state index contributed by atoms with van der Waals surface area (Å²) in [5.74, 6) is 0. The third kappa shape index (κ3) is 5.80. The zero-order valence-corrected chi connectivity index (χ0v) is 31.3. The van der Waals surface area contributed by atoms with Crippen LogP contribution >= 0.6 is 0 Å². The summed E-state index contributed by atoms with van der Waals surface area (Å²) >= 11 is 0. The van der Waals surface area contributed by atoms with Crippen molar-refractivity contribution in [3.63, 3.8) is 0 Å². The first-order valence-corrected chi connectivity index (χ1v) is 19.7. The molecule has 0 aliphatic heterocycles. The molecule has 11 rings (SSSR count). The Morgan fingerprint density at radius 1 is 0.228 bits per heavy atom. The third-order valence-electron chi connectivity index (χ3n) is 11.6. The first kappa shape index (κ1) is 32.9. The summed E-state index contributed by atoms with van der Waals surface area (Å²) in [6.07, 6.45) is 0. The van der Waals surface area contributed by atoms with Gasteiger partial charge in [-0.15, -0.1) is 0 Å². The summed E-state index contributed by atoms with van der Waals surface area (Å²) in [4.78, 5) is 2.30. The molecule has 0 aliphatic rings. The minimum atomic E-state index is 1.13. The second-order valence-electron chi connectivity index (χ2n) is 14.9. The topological polar surface area (TPSA) is 3.24 Å². The number of fused-ring (bicyclic) bond motifs is 7. The largest absolute Gasteiger partial charge is 0.311 e. The van der Waals surface area contributed by atoms with Crippen molar-refractivity contribution in [1.82, 2.24) is 0 Å². The number of benzene rings is 11. The molecular weight excluding hydrogens is 687 g/mol. The van der Waals surface area contributed by atoms with Gasteiger partial charge in [-0.1, -0.05) is 158 Å². The number of hydrogen-bond acceptors (Lipinski definition) is 1. The van der Waals surface area contributed by atoms with Gasteiger partial charge in [0.05, 0.1) is 0 Å². The first-order chi connectivity index (χ1) is 28.2. The van der Waals surface area contributed by atoms with E-state index in [9.17, 15) is 0 Å². The average molecular weight is 724 g/mol. The lowest BCUT2D eigenvalue weighted by Crippen LogP contribution is -2.09. The normalized spacial score (nSPS) is 11.5. The maximum absolute atomic E-state index is 2.42. The Labute approximate surface area is 332 Å². The van der Waals surface area contributed by atoms with Crippen LogP contribution in [0.5, 0.6) is 0 Å². The molecule has 1 heteroatoms. The molecule has 57 heavy (non-hydrogen) atoms. The fraction of sp³-hybridized carbons (Fsp3) is 0. The van der Waals surface area contributed by atoms with Crippen LogP contribution in [0.2, 0.25) is 0 Å². The van der Waals surface area contributed by atoms with E-state index < -0.39 is 0 Å². The summed E-state index contributed by atoms with van der Waals surface area (Å²) in [7, 11) is 0. The van der Waals surface area contributed by atoms with Crippen LogP contribution in [0.25, 0.3) is 87.2 Å². The van der Waals surface area contributed by atoms with Crippen molar-refractivity contribution in [2.24, 2.45) is 0 Å². The van der Waals surface area contributed by atoms with Crippen LogP contribution < -0.4 is 4.90 Å².